The van der Waals surface area contributed by atoms with E-state index in [1.807, 2.05) is 0 Å². The first kappa shape index (κ1) is 23.1. The lowest BCUT2D eigenvalue weighted by molar-refractivity contribution is -0.150. The standard InChI is InChI=1S/C21H26N2O6S2/c1-23(31(26,27)21-8-5-13-30-21)17-9-11-18(12-10-17)28-15-20(25)29-14-19(24)22-16-6-3-2-4-7-16/h5,8-13,16H,2-4,6-7,14-15H2,1H3,(H,22,24). The van der Waals surface area contributed by atoms with Crippen LogP contribution in [0.3, 0.4) is 0 Å². The molecule has 1 fully saturated rings. The van der Waals surface area contributed by atoms with Crippen LogP contribution in [0, 0.1) is 0 Å². The van der Waals surface area contributed by atoms with E-state index in [1.165, 1.54) is 17.8 Å². The van der Waals surface area contributed by atoms with Crippen LogP contribution in [-0.4, -0.2) is 46.6 Å². The molecule has 1 saturated carbocycles. The van der Waals surface area contributed by atoms with E-state index >= 15 is 0 Å². The molecule has 0 spiro atoms. The minimum absolute atomic E-state index is 0.163. The van der Waals surface area contributed by atoms with Gasteiger partial charge in [0.25, 0.3) is 15.9 Å². The van der Waals surface area contributed by atoms with Crippen molar-refractivity contribution >= 4 is 38.9 Å². The Labute approximate surface area is 186 Å². The van der Waals surface area contributed by atoms with E-state index in [-0.39, 0.29) is 29.4 Å². The minimum Gasteiger partial charge on any atom is -0.482 e. The van der Waals surface area contributed by atoms with Crippen molar-refractivity contribution in [3.8, 4) is 5.75 Å². The van der Waals surface area contributed by atoms with Gasteiger partial charge in [0, 0.05) is 13.1 Å². The van der Waals surface area contributed by atoms with Crippen molar-refractivity contribution in [1.82, 2.24) is 5.32 Å². The molecule has 1 aliphatic rings. The van der Waals surface area contributed by atoms with Crippen LogP contribution < -0.4 is 14.4 Å². The molecule has 0 bridgehead atoms. The molecule has 1 amide bonds. The molecular weight excluding hydrogens is 440 g/mol. The zero-order valence-corrected chi connectivity index (χ0v) is 18.9. The molecule has 8 nitrogen and oxygen atoms in total. The average molecular weight is 467 g/mol. The van der Waals surface area contributed by atoms with Gasteiger partial charge in [-0.05, 0) is 48.6 Å². The first-order chi connectivity index (χ1) is 14.9. The van der Waals surface area contributed by atoms with Gasteiger partial charge in [0.1, 0.15) is 9.96 Å². The first-order valence-corrected chi connectivity index (χ1v) is 12.4. The van der Waals surface area contributed by atoms with Crippen LogP contribution in [0.1, 0.15) is 32.1 Å². The minimum atomic E-state index is -3.61. The number of nitrogens with zero attached hydrogens (tertiary/aromatic N) is 1. The van der Waals surface area contributed by atoms with Crippen LogP contribution in [0.5, 0.6) is 5.75 Å². The Morgan fingerprint density at radius 3 is 2.45 bits per heavy atom. The molecule has 0 unspecified atom stereocenters. The van der Waals surface area contributed by atoms with Crippen LogP contribution in [0.25, 0.3) is 0 Å². The fraction of sp³-hybridized carbons (Fsp3) is 0.429. The summed E-state index contributed by atoms with van der Waals surface area (Å²) in [7, 11) is -2.14. The van der Waals surface area contributed by atoms with Gasteiger partial charge in [-0.15, -0.1) is 11.3 Å². The highest BCUT2D eigenvalue weighted by atomic mass is 32.2. The number of anilines is 1. The number of rotatable bonds is 9. The Hall–Kier alpha value is -2.59. The molecule has 0 aliphatic heterocycles. The van der Waals surface area contributed by atoms with E-state index in [9.17, 15) is 18.0 Å². The number of nitrogens with one attached hydrogen (secondary N) is 1. The second-order valence-corrected chi connectivity index (χ2v) is 10.4. The SMILES string of the molecule is CN(c1ccc(OCC(=O)OCC(=O)NC2CCCCC2)cc1)S(=O)(=O)c1cccs1. The van der Waals surface area contributed by atoms with Gasteiger partial charge < -0.3 is 14.8 Å². The van der Waals surface area contributed by atoms with Gasteiger partial charge in [-0.25, -0.2) is 13.2 Å². The Balaban J connectivity index is 1.43. The van der Waals surface area contributed by atoms with Crippen LogP contribution in [0.2, 0.25) is 0 Å². The smallest absolute Gasteiger partial charge is 0.344 e. The lowest BCUT2D eigenvalue weighted by Crippen LogP contribution is -2.39. The Morgan fingerprint density at radius 2 is 1.81 bits per heavy atom. The summed E-state index contributed by atoms with van der Waals surface area (Å²) in [6.45, 7) is -0.678. The van der Waals surface area contributed by atoms with Gasteiger partial charge in [0.05, 0.1) is 5.69 Å². The van der Waals surface area contributed by atoms with Gasteiger partial charge in [0.2, 0.25) is 0 Å². The molecule has 1 aromatic heterocycles. The molecule has 1 aromatic carbocycles. The Morgan fingerprint density at radius 1 is 1.10 bits per heavy atom. The van der Waals surface area contributed by atoms with Crippen molar-refractivity contribution in [3.05, 3.63) is 41.8 Å². The monoisotopic (exact) mass is 466 g/mol. The number of benzene rings is 1. The van der Waals surface area contributed by atoms with Gasteiger partial charge in [-0.3, -0.25) is 9.10 Å². The Kier molecular flexibility index (Phi) is 7.91. The maximum absolute atomic E-state index is 12.6. The number of thiophene rings is 1. The summed E-state index contributed by atoms with van der Waals surface area (Å²) in [5.41, 5.74) is 0.461. The van der Waals surface area contributed by atoms with E-state index in [0.717, 1.165) is 37.0 Å². The highest BCUT2D eigenvalue weighted by Gasteiger charge is 2.22. The topological polar surface area (TPSA) is 102 Å². The molecule has 168 valence electrons. The van der Waals surface area contributed by atoms with Gasteiger partial charge >= 0.3 is 5.97 Å². The number of hydrogen-bond acceptors (Lipinski definition) is 7. The normalized spacial score (nSPS) is 14.6. The van der Waals surface area contributed by atoms with E-state index in [1.54, 1.807) is 41.8 Å². The van der Waals surface area contributed by atoms with Crippen LogP contribution in [0.15, 0.2) is 46.0 Å². The van der Waals surface area contributed by atoms with Gasteiger partial charge in [-0.1, -0.05) is 25.3 Å². The van der Waals surface area contributed by atoms with E-state index < -0.39 is 16.0 Å². The number of carbonyl (C=O) groups excluding carboxylic acids is 2. The third-order valence-corrected chi connectivity index (χ3v) is 8.16. The fourth-order valence-corrected chi connectivity index (χ4v) is 5.64. The number of amides is 1. The zero-order chi connectivity index (χ0) is 22.3. The van der Waals surface area contributed by atoms with Crippen molar-refractivity contribution in [2.45, 2.75) is 42.4 Å². The molecule has 0 saturated heterocycles. The van der Waals surface area contributed by atoms with Crippen LogP contribution in [0.4, 0.5) is 5.69 Å². The average Bonchev–Trinajstić information content (AvgIpc) is 3.33. The van der Waals surface area contributed by atoms with Crippen molar-refractivity contribution in [2.24, 2.45) is 0 Å². The summed E-state index contributed by atoms with van der Waals surface area (Å²) in [4.78, 5) is 23.7. The van der Waals surface area contributed by atoms with Crippen LogP contribution >= 0.6 is 11.3 Å². The van der Waals surface area contributed by atoms with Crippen LogP contribution in [-0.2, 0) is 24.3 Å². The van der Waals surface area contributed by atoms with E-state index in [4.69, 9.17) is 9.47 Å². The summed E-state index contributed by atoms with van der Waals surface area (Å²) in [5, 5.41) is 4.58. The second kappa shape index (κ2) is 10.6. The lowest BCUT2D eigenvalue weighted by atomic mass is 9.95. The largest absolute Gasteiger partial charge is 0.482 e. The van der Waals surface area contributed by atoms with E-state index in [2.05, 4.69) is 5.32 Å². The van der Waals surface area contributed by atoms with Gasteiger partial charge in [-0.2, -0.15) is 0 Å². The van der Waals surface area contributed by atoms with Crippen molar-refractivity contribution in [3.63, 3.8) is 0 Å². The number of carbonyl (C=O) groups is 2. The first-order valence-electron chi connectivity index (χ1n) is 10.1. The molecule has 1 heterocycles. The molecule has 0 radical (unpaired) electrons. The third-order valence-electron chi connectivity index (χ3n) is 5.00. The quantitative estimate of drug-likeness (QED) is 0.570. The van der Waals surface area contributed by atoms with Crippen molar-refractivity contribution in [2.75, 3.05) is 24.6 Å². The lowest BCUT2D eigenvalue weighted by Gasteiger charge is -2.22. The second-order valence-electron chi connectivity index (χ2n) is 7.25. The summed E-state index contributed by atoms with van der Waals surface area (Å²) in [6.07, 6.45) is 5.33. The predicted molar refractivity (Wildman–Crippen MR) is 118 cm³/mol. The number of sulfonamides is 1. The van der Waals surface area contributed by atoms with Gasteiger partial charge in [0.15, 0.2) is 13.2 Å². The highest BCUT2D eigenvalue weighted by Crippen LogP contribution is 2.26. The summed E-state index contributed by atoms with van der Waals surface area (Å²) in [5.74, 6) is -0.575. The highest BCUT2D eigenvalue weighted by molar-refractivity contribution is 7.94. The summed E-state index contributed by atoms with van der Waals surface area (Å²) in [6, 6.07) is 9.71. The Bertz CT molecular complexity index is 968. The zero-order valence-electron chi connectivity index (χ0n) is 17.3. The molecule has 10 heteroatoms. The molecule has 3 rings (SSSR count). The number of hydrogen-bond donors (Lipinski definition) is 1. The maximum Gasteiger partial charge on any atom is 0.344 e. The molecule has 1 aliphatic carbocycles. The third kappa shape index (κ3) is 6.44. The fourth-order valence-electron chi connectivity index (χ4n) is 3.28. The van der Waals surface area contributed by atoms with Crippen molar-refractivity contribution in [1.29, 1.82) is 0 Å². The summed E-state index contributed by atoms with van der Waals surface area (Å²) < 4.78 is 36.9. The summed E-state index contributed by atoms with van der Waals surface area (Å²) >= 11 is 1.15. The maximum atomic E-state index is 12.6. The predicted octanol–water partition coefficient (Wildman–Crippen LogP) is 2.94. The molecule has 2 aromatic rings. The molecule has 0 atom stereocenters. The molecule has 31 heavy (non-hydrogen) atoms. The number of ether oxygens (including phenoxy) is 2. The molecule has 1 N–H and O–H groups in total. The number of esters is 1. The van der Waals surface area contributed by atoms with E-state index in [0.29, 0.717) is 11.4 Å². The molecular formula is C21H26N2O6S2. The van der Waals surface area contributed by atoms with Crippen molar-refractivity contribution < 1.29 is 27.5 Å².